The molecule has 0 spiro atoms. The first-order chi connectivity index (χ1) is 11.1. The van der Waals surface area contributed by atoms with Crippen LogP contribution in [0.1, 0.15) is 30.1 Å². The van der Waals surface area contributed by atoms with Crippen molar-refractivity contribution in [1.82, 2.24) is 10.2 Å². The molecule has 1 aliphatic heterocycles. The summed E-state index contributed by atoms with van der Waals surface area (Å²) in [4.78, 5) is 26.3. The van der Waals surface area contributed by atoms with Crippen LogP contribution in [0.5, 0.6) is 0 Å². The SMILES string of the molecule is CS[C@@H](C)C(=O)Nc1ccc(C(=O)NCCN2CCCC2)cc1. The van der Waals surface area contributed by atoms with E-state index in [2.05, 4.69) is 15.5 Å². The van der Waals surface area contributed by atoms with Gasteiger partial charge < -0.3 is 15.5 Å². The molecule has 2 rings (SSSR count). The van der Waals surface area contributed by atoms with E-state index < -0.39 is 0 Å². The molecule has 0 radical (unpaired) electrons. The average Bonchev–Trinajstić information content (AvgIpc) is 3.08. The first kappa shape index (κ1) is 17.8. The molecule has 0 aromatic heterocycles. The number of hydrogen-bond donors (Lipinski definition) is 2. The van der Waals surface area contributed by atoms with E-state index in [9.17, 15) is 9.59 Å². The maximum absolute atomic E-state index is 12.1. The van der Waals surface area contributed by atoms with Gasteiger partial charge in [0.25, 0.3) is 5.91 Å². The van der Waals surface area contributed by atoms with Gasteiger partial charge in [-0.3, -0.25) is 9.59 Å². The molecule has 5 nitrogen and oxygen atoms in total. The van der Waals surface area contributed by atoms with Crippen molar-refractivity contribution in [2.45, 2.75) is 25.0 Å². The van der Waals surface area contributed by atoms with E-state index in [0.717, 1.165) is 19.6 Å². The lowest BCUT2D eigenvalue weighted by Gasteiger charge is -2.14. The van der Waals surface area contributed by atoms with Crippen LogP contribution in [0.4, 0.5) is 5.69 Å². The number of anilines is 1. The number of hydrogen-bond acceptors (Lipinski definition) is 4. The third-order valence-electron chi connectivity index (χ3n) is 4.05. The summed E-state index contributed by atoms with van der Waals surface area (Å²) in [5, 5.41) is 5.69. The van der Waals surface area contributed by atoms with Crippen molar-refractivity contribution in [2.24, 2.45) is 0 Å². The standard InChI is InChI=1S/C17H25N3O2S/c1-13(23-2)16(21)19-15-7-5-14(6-8-15)17(22)18-9-12-20-10-3-4-11-20/h5-8,13H,3-4,9-12H2,1-2H3,(H,18,22)(H,19,21)/t13-/m0/s1. The number of thioether (sulfide) groups is 1. The van der Waals surface area contributed by atoms with Crippen molar-refractivity contribution in [3.8, 4) is 0 Å². The number of likely N-dealkylation sites (tertiary alicyclic amines) is 1. The molecule has 126 valence electrons. The Kier molecular flexibility index (Phi) is 6.92. The van der Waals surface area contributed by atoms with E-state index >= 15 is 0 Å². The smallest absolute Gasteiger partial charge is 0.251 e. The van der Waals surface area contributed by atoms with Gasteiger partial charge in [0.15, 0.2) is 0 Å². The number of rotatable bonds is 7. The molecular formula is C17H25N3O2S. The Morgan fingerprint density at radius 3 is 2.48 bits per heavy atom. The van der Waals surface area contributed by atoms with E-state index in [0.29, 0.717) is 17.8 Å². The highest BCUT2D eigenvalue weighted by molar-refractivity contribution is 7.99. The van der Waals surface area contributed by atoms with Gasteiger partial charge in [0.05, 0.1) is 5.25 Å². The summed E-state index contributed by atoms with van der Waals surface area (Å²) in [7, 11) is 0. The van der Waals surface area contributed by atoms with Crippen LogP contribution >= 0.6 is 11.8 Å². The van der Waals surface area contributed by atoms with E-state index in [1.54, 1.807) is 24.3 Å². The Hall–Kier alpha value is -1.53. The molecule has 0 unspecified atom stereocenters. The Bertz CT molecular complexity index is 527. The van der Waals surface area contributed by atoms with Crippen LogP contribution in [0.2, 0.25) is 0 Å². The van der Waals surface area contributed by atoms with Crippen molar-refractivity contribution < 1.29 is 9.59 Å². The molecule has 0 aliphatic carbocycles. The van der Waals surface area contributed by atoms with Crippen molar-refractivity contribution in [3.63, 3.8) is 0 Å². The summed E-state index contributed by atoms with van der Waals surface area (Å²) in [5.74, 6) is -0.0973. The van der Waals surface area contributed by atoms with Gasteiger partial charge >= 0.3 is 0 Å². The average molecular weight is 335 g/mol. The van der Waals surface area contributed by atoms with E-state index in [4.69, 9.17) is 0 Å². The lowest BCUT2D eigenvalue weighted by atomic mass is 10.2. The Morgan fingerprint density at radius 1 is 1.22 bits per heavy atom. The van der Waals surface area contributed by atoms with Crippen LogP contribution in [0.25, 0.3) is 0 Å². The van der Waals surface area contributed by atoms with Crippen molar-refractivity contribution in [1.29, 1.82) is 0 Å². The second-order valence-electron chi connectivity index (χ2n) is 5.75. The number of carbonyl (C=O) groups excluding carboxylic acids is 2. The second-order valence-corrected chi connectivity index (χ2v) is 6.93. The fourth-order valence-electron chi connectivity index (χ4n) is 2.49. The third kappa shape index (κ3) is 5.55. The first-order valence-corrected chi connectivity index (χ1v) is 9.33. The Balaban J connectivity index is 1.78. The topological polar surface area (TPSA) is 61.4 Å². The summed E-state index contributed by atoms with van der Waals surface area (Å²) in [5.41, 5.74) is 1.33. The summed E-state index contributed by atoms with van der Waals surface area (Å²) in [6.07, 6.45) is 4.42. The van der Waals surface area contributed by atoms with Gasteiger partial charge in [0, 0.05) is 24.3 Å². The molecule has 6 heteroatoms. The van der Waals surface area contributed by atoms with Crippen LogP contribution < -0.4 is 10.6 Å². The molecule has 1 aromatic rings. The summed E-state index contributed by atoms with van der Waals surface area (Å²) < 4.78 is 0. The summed E-state index contributed by atoms with van der Waals surface area (Å²) >= 11 is 1.50. The fraction of sp³-hybridized carbons (Fsp3) is 0.529. The van der Waals surface area contributed by atoms with Crippen molar-refractivity contribution >= 4 is 29.3 Å². The lowest BCUT2D eigenvalue weighted by Crippen LogP contribution is -2.33. The molecule has 0 saturated carbocycles. The van der Waals surface area contributed by atoms with Gasteiger partial charge in [-0.05, 0) is 63.4 Å². The van der Waals surface area contributed by atoms with E-state index in [-0.39, 0.29) is 17.1 Å². The molecule has 1 saturated heterocycles. The number of amides is 2. The maximum atomic E-state index is 12.1. The predicted octanol–water partition coefficient (Wildman–Crippen LogP) is 2.20. The zero-order valence-electron chi connectivity index (χ0n) is 13.8. The monoisotopic (exact) mass is 335 g/mol. The molecule has 23 heavy (non-hydrogen) atoms. The normalized spacial score (nSPS) is 16.1. The highest BCUT2D eigenvalue weighted by Crippen LogP contribution is 2.13. The molecule has 1 aromatic carbocycles. The van der Waals surface area contributed by atoms with Crippen LogP contribution in [0.15, 0.2) is 24.3 Å². The molecule has 0 bridgehead atoms. The minimum Gasteiger partial charge on any atom is -0.351 e. The van der Waals surface area contributed by atoms with Gasteiger partial charge in [-0.25, -0.2) is 0 Å². The zero-order chi connectivity index (χ0) is 16.7. The van der Waals surface area contributed by atoms with E-state index in [1.807, 2.05) is 13.2 Å². The quantitative estimate of drug-likeness (QED) is 0.802. The summed E-state index contributed by atoms with van der Waals surface area (Å²) in [6.45, 7) is 5.72. The molecule has 1 fully saturated rings. The summed E-state index contributed by atoms with van der Waals surface area (Å²) in [6, 6.07) is 7.01. The van der Waals surface area contributed by atoms with Crippen LogP contribution in [0.3, 0.4) is 0 Å². The Morgan fingerprint density at radius 2 is 1.87 bits per heavy atom. The highest BCUT2D eigenvalue weighted by atomic mass is 32.2. The predicted molar refractivity (Wildman–Crippen MR) is 96.1 cm³/mol. The van der Waals surface area contributed by atoms with Crippen molar-refractivity contribution in [3.05, 3.63) is 29.8 Å². The van der Waals surface area contributed by atoms with Crippen molar-refractivity contribution in [2.75, 3.05) is 37.8 Å². The number of nitrogens with one attached hydrogen (secondary N) is 2. The molecule has 1 aliphatic rings. The second kappa shape index (κ2) is 8.93. The molecule has 2 N–H and O–H groups in total. The van der Waals surface area contributed by atoms with Crippen LogP contribution in [0, 0.1) is 0 Å². The van der Waals surface area contributed by atoms with Gasteiger partial charge in [0.2, 0.25) is 5.91 Å². The van der Waals surface area contributed by atoms with Gasteiger partial charge in [0.1, 0.15) is 0 Å². The third-order valence-corrected chi connectivity index (χ3v) is 4.97. The molecule has 2 amide bonds. The van der Waals surface area contributed by atoms with Gasteiger partial charge in [-0.1, -0.05) is 0 Å². The van der Waals surface area contributed by atoms with E-state index in [1.165, 1.54) is 24.6 Å². The largest absolute Gasteiger partial charge is 0.351 e. The zero-order valence-corrected chi connectivity index (χ0v) is 14.6. The number of benzene rings is 1. The van der Waals surface area contributed by atoms with Crippen LogP contribution in [-0.2, 0) is 4.79 Å². The Labute approximate surface area is 142 Å². The molecule has 1 atom stereocenters. The van der Waals surface area contributed by atoms with Gasteiger partial charge in [-0.2, -0.15) is 11.8 Å². The lowest BCUT2D eigenvalue weighted by molar-refractivity contribution is -0.115. The fourth-order valence-corrected chi connectivity index (χ4v) is 2.76. The highest BCUT2D eigenvalue weighted by Gasteiger charge is 2.13. The minimum absolute atomic E-state index is 0.0275. The first-order valence-electron chi connectivity index (χ1n) is 8.04. The van der Waals surface area contributed by atoms with Crippen LogP contribution in [-0.4, -0.2) is 54.4 Å². The maximum Gasteiger partial charge on any atom is 0.251 e. The molecular weight excluding hydrogens is 310 g/mol. The van der Waals surface area contributed by atoms with Gasteiger partial charge in [-0.15, -0.1) is 0 Å². The number of nitrogens with zero attached hydrogens (tertiary/aromatic N) is 1. The molecule has 1 heterocycles. The number of carbonyl (C=O) groups is 2. The minimum atomic E-state index is -0.0939.